The molecule has 0 aliphatic carbocycles. The number of benzene rings is 2. The van der Waals surface area contributed by atoms with Crippen LogP contribution in [0, 0.1) is 27.7 Å². The van der Waals surface area contributed by atoms with Crippen molar-refractivity contribution in [1.29, 1.82) is 0 Å². The number of hydrogen-bond acceptors (Lipinski definition) is 1. The monoisotopic (exact) mass is 331 g/mol. The smallest absolute Gasteiger partial charge is 0.0579 e. The summed E-state index contributed by atoms with van der Waals surface area (Å²) >= 11 is 3.61. The Bertz CT molecular complexity index is 632. The van der Waals surface area contributed by atoms with Crippen LogP contribution >= 0.6 is 15.9 Å². The van der Waals surface area contributed by atoms with Crippen LogP contribution in [0.1, 0.15) is 39.4 Å². The largest absolute Gasteiger partial charge is 0.309 e. The molecule has 20 heavy (non-hydrogen) atoms. The molecule has 0 heterocycles. The van der Waals surface area contributed by atoms with Gasteiger partial charge in [0.25, 0.3) is 0 Å². The molecule has 0 aliphatic rings. The van der Waals surface area contributed by atoms with Gasteiger partial charge in [0.15, 0.2) is 0 Å². The van der Waals surface area contributed by atoms with E-state index in [0.717, 1.165) is 0 Å². The van der Waals surface area contributed by atoms with Crippen LogP contribution in [0.5, 0.6) is 0 Å². The van der Waals surface area contributed by atoms with Crippen LogP contribution in [0.15, 0.2) is 34.8 Å². The van der Waals surface area contributed by atoms with Crippen LogP contribution < -0.4 is 5.32 Å². The van der Waals surface area contributed by atoms with Crippen molar-refractivity contribution < 1.29 is 0 Å². The van der Waals surface area contributed by atoms with E-state index in [1.54, 1.807) is 0 Å². The first kappa shape index (κ1) is 15.3. The highest BCUT2D eigenvalue weighted by Gasteiger charge is 2.17. The molecule has 0 aliphatic heterocycles. The molecule has 106 valence electrons. The molecule has 2 aromatic carbocycles. The van der Waals surface area contributed by atoms with Gasteiger partial charge in [-0.1, -0.05) is 45.8 Å². The van der Waals surface area contributed by atoms with Gasteiger partial charge in [0, 0.05) is 4.47 Å². The van der Waals surface area contributed by atoms with Crippen LogP contribution in [0.4, 0.5) is 0 Å². The summed E-state index contributed by atoms with van der Waals surface area (Å²) in [7, 11) is 2.03. The minimum atomic E-state index is 0.238. The first-order valence-electron chi connectivity index (χ1n) is 6.95. The fourth-order valence-electron chi connectivity index (χ4n) is 2.66. The Morgan fingerprint density at radius 2 is 1.50 bits per heavy atom. The zero-order chi connectivity index (χ0) is 14.9. The molecule has 2 heteroatoms. The summed E-state index contributed by atoms with van der Waals surface area (Å²) in [5, 5.41) is 3.47. The molecule has 1 nitrogen and oxygen atoms in total. The SMILES string of the molecule is CNC(c1cc(C)ccc1C)c1cc(C)c(Br)cc1C. The molecule has 0 radical (unpaired) electrons. The number of aryl methyl sites for hydroxylation is 4. The van der Waals surface area contributed by atoms with Gasteiger partial charge in [-0.3, -0.25) is 0 Å². The van der Waals surface area contributed by atoms with Crippen LogP contribution in [-0.4, -0.2) is 7.05 Å². The lowest BCUT2D eigenvalue weighted by molar-refractivity contribution is 0.682. The molecule has 0 bridgehead atoms. The first-order chi connectivity index (χ1) is 9.43. The third-order valence-corrected chi connectivity index (χ3v) is 4.75. The second-order valence-corrected chi connectivity index (χ2v) is 6.39. The molecule has 2 rings (SSSR count). The van der Waals surface area contributed by atoms with Crippen LogP contribution in [0.2, 0.25) is 0 Å². The Hall–Kier alpha value is -1.12. The topological polar surface area (TPSA) is 12.0 Å². The fraction of sp³-hybridized carbons (Fsp3) is 0.333. The zero-order valence-corrected chi connectivity index (χ0v) is 14.4. The number of nitrogens with one attached hydrogen (secondary N) is 1. The normalized spacial score (nSPS) is 12.5. The molecule has 0 fully saturated rings. The second-order valence-electron chi connectivity index (χ2n) is 5.54. The first-order valence-corrected chi connectivity index (χ1v) is 7.74. The van der Waals surface area contributed by atoms with E-state index in [2.05, 4.69) is 79.3 Å². The lowest BCUT2D eigenvalue weighted by Crippen LogP contribution is -2.20. The van der Waals surface area contributed by atoms with Crippen LogP contribution in [0.3, 0.4) is 0 Å². The minimum absolute atomic E-state index is 0.238. The van der Waals surface area contributed by atoms with E-state index in [0.29, 0.717) is 0 Å². The average Bonchev–Trinajstić information content (AvgIpc) is 2.40. The zero-order valence-electron chi connectivity index (χ0n) is 12.8. The Balaban J connectivity index is 2.58. The summed E-state index contributed by atoms with van der Waals surface area (Å²) in [6.45, 7) is 8.65. The fourth-order valence-corrected chi connectivity index (χ4v) is 3.12. The molecule has 2 aromatic rings. The summed E-state index contributed by atoms with van der Waals surface area (Å²) in [4.78, 5) is 0. The Morgan fingerprint density at radius 3 is 2.15 bits per heavy atom. The van der Waals surface area contributed by atoms with Gasteiger partial charge in [-0.15, -0.1) is 0 Å². The van der Waals surface area contributed by atoms with Crippen molar-refractivity contribution in [2.24, 2.45) is 0 Å². The van der Waals surface area contributed by atoms with Crippen LogP contribution in [-0.2, 0) is 0 Å². The van der Waals surface area contributed by atoms with E-state index < -0.39 is 0 Å². The summed E-state index contributed by atoms with van der Waals surface area (Å²) in [6.07, 6.45) is 0. The molecular formula is C18H22BrN. The number of rotatable bonds is 3. The molecule has 0 saturated heterocycles. The minimum Gasteiger partial charge on any atom is -0.309 e. The number of halogens is 1. The molecule has 1 unspecified atom stereocenters. The summed E-state index contributed by atoms with van der Waals surface area (Å²) in [5.41, 5.74) is 7.92. The summed E-state index contributed by atoms with van der Waals surface area (Å²) < 4.78 is 1.18. The van der Waals surface area contributed by atoms with Gasteiger partial charge in [0.05, 0.1) is 6.04 Å². The lowest BCUT2D eigenvalue weighted by atomic mass is 9.90. The maximum absolute atomic E-state index is 3.61. The maximum atomic E-state index is 3.61. The second kappa shape index (κ2) is 6.11. The van der Waals surface area contributed by atoms with Crippen molar-refractivity contribution in [3.63, 3.8) is 0 Å². The van der Waals surface area contributed by atoms with Gasteiger partial charge in [-0.05, 0) is 68.6 Å². The van der Waals surface area contributed by atoms with Gasteiger partial charge in [-0.25, -0.2) is 0 Å². The van der Waals surface area contributed by atoms with Gasteiger partial charge >= 0.3 is 0 Å². The Morgan fingerprint density at radius 1 is 0.850 bits per heavy atom. The molecular weight excluding hydrogens is 310 g/mol. The third-order valence-electron chi connectivity index (χ3n) is 3.89. The van der Waals surface area contributed by atoms with Crippen molar-refractivity contribution in [3.8, 4) is 0 Å². The van der Waals surface area contributed by atoms with Gasteiger partial charge in [0.2, 0.25) is 0 Å². The summed E-state index contributed by atoms with van der Waals surface area (Å²) in [5.74, 6) is 0. The van der Waals surface area contributed by atoms with E-state index in [4.69, 9.17) is 0 Å². The molecule has 0 saturated carbocycles. The summed E-state index contributed by atoms with van der Waals surface area (Å²) in [6, 6.07) is 11.4. The molecule has 1 atom stereocenters. The van der Waals surface area contributed by atoms with E-state index in [-0.39, 0.29) is 6.04 Å². The van der Waals surface area contributed by atoms with E-state index in [1.165, 1.54) is 37.9 Å². The molecule has 0 amide bonds. The molecule has 0 spiro atoms. The lowest BCUT2D eigenvalue weighted by Gasteiger charge is -2.23. The van der Waals surface area contributed by atoms with Crippen molar-refractivity contribution >= 4 is 15.9 Å². The molecule has 0 aromatic heterocycles. The van der Waals surface area contributed by atoms with E-state index in [1.807, 2.05) is 7.05 Å². The van der Waals surface area contributed by atoms with Crippen molar-refractivity contribution in [1.82, 2.24) is 5.32 Å². The van der Waals surface area contributed by atoms with E-state index >= 15 is 0 Å². The Labute approximate surface area is 130 Å². The third kappa shape index (κ3) is 2.97. The van der Waals surface area contributed by atoms with Gasteiger partial charge in [0.1, 0.15) is 0 Å². The van der Waals surface area contributed by atoms with E-state index in [9.17, 15) is 0 Å². The highest BCUT2D eigenvalue weighted by atomic mass is 79.9. The highest BCUT2D eigenvalue weighted by molar-refractivity contribution is 9.10. The van der Waals surface area contributed by atoms with Gasteiger partial charge in [-0.2, -0.15) is 0 Å². The van der Waals surface area contributed by atoms with Crippen LogP contribution in [0.25, 0.3) is 0 Å². The van der Waals surface area contributed by atoms with Crippen molar-refractivity contribution in [2.75, 3.05) is 7.05 Å². The Kier molecular flexibility index (Phi) is 4.66. The highest BCUT2D eigenvalue weighted by Crippen LogP contribution is 2.31. The maximum Gasteiger partial charge on any atom is 0.0579 e. The predicted molar refractivity (Wildman–Crippen MR) is 90.4 cm³/mol. The van der Waals surface area contributed by atoms with Gasteiger partial charge < -0.3 is 5.32 Å². The number of hydrogen-bond donors (Lipinski definition) is 1. The average molecular weight is 332 g/mol. The van der Waals surface area contributed by atoms with Crippen molar-refractivity contribution in [3.05, 3.63) is 68.2 Å². The standard InChI is InChI=1S/C18H22BrN/c1-11-6-7-12(2)15(8-11)18(20-5)16-9-14(4)17(19)10-13(16)3/h6-10,18,20H,1-5H3. The predicted octanol–water partition coefficient (Wildman–Crippen LogP) is 4.99. The van der Waals surface area contributed by atoms with Crippen molar-refractivity contribution in [2.45, 2.75) is 33.7 Å². The quantitative estimate of drug-likeness (QED) is 0.835. The molecule has 1 N–H and O–H groups in total.